The predicted octanol–water partition coefficient (Wildman–Crippen LogP) is 4.76. The lowest BCUT2D eigenvalue weighted by atomic mass is 9.46. The number of rotatable bonds is 2. The molecule has 0 radical (unpaired) electrons. The number of allylic oxidation sites excluding steroid dienone is 1. The maximum absolute atomic E-state index is 14.3. The smallest absolute Gasteiger partial charge is 0.244 e. The fourth-order valence-corrected chi connectivity index (χ4v) is 7.45. The molecule has 0 unspecified atom stereocenters. The summed E-state index contributed by atoms with van der Waals surface area (Å²) in [6, 6.07) is 0. The van der Waals surface area contributed by atoms with Crippen molar-refractivity contribution in [2.24, 2.45) is 34.5 Å². The highest BCUT2D eigenvalue weighted by Gasteiger charge is 2.64. The predicted molar refractivity (Wildman–Crippen MR) is 92.2 cm³/mol. The summed E-state index contributed by atoms with van der Waals surface area (Å²) in [5, 5.41) is 10.2. The zero-order chi connectivity index (χ0) is 18.0. The molecule has 0 amide bonds. The van der Waals surface area contributed by atoms with Gasteiger partial charge in [0.25, 0.3) is 0 Å². The number of aliphatic hydroxyl groups is 1. The van der Waals surface area contributed by atoms with E-state index < -0.39 is 17.9 Å². The molecule has 4 heteroatoms. The molecule has 0 aromatic carbocycles. The van der Waals surface area contributed by atoms with Crippen LogP contribution in [0.4, 0.5) is 8.78 Å². The Labute approximate surface area is 149 Å². The van der Waals surface area contributed by atoms with Crippen LogP contribution >= 0.6 is 0 Å². The third kappa shape index (κ3) is 2.32. The molecule has 140 valence electrons. The highest BCUT2D eigenvalue weighted by molar-refractivity contribution is 5.91. The van der Waals surface area contributed by atoms with Crippen LogP contribution in [0.25, 0.3) is 0 Å². The van der Waals surface area contributed by atoms with Gasteiger partial charge < -0.3 is 5.11 Å². The summed E-state index contributed by atoms with van der Waals surface area (Å²) in [6.07, 6.45) is 5.07. The van der Waals surface area contributed by atoms with Crippen molar-refractivity contribution in [2.45, 2.75) is 77.7 Å². The van der Waals surface area contributed by atoms with E-state index in [1.165, 1.54) is 5.57 Å². The quantitative estimate of drug-likeness (QED) is 0.778. The first-order valence-corrected chi connectivity index (χ1v) is 10.0. The van der Waals surface area contributed by atoms with Crippen molar-refractivity contribution in [3.8, 4) is 0 Å². The molecule has 7 atom stereocenters. The first kappa shape index (κ1) is 17.6. The van der Waals surface area contributed by atoms with E-state index >= 15 is 0 Å². The van der Waals surface area contributed by atoms with Gasteiger partial charge in [-0.2, -0.15) is 0 Å². The van der Waals surface area contributed by atoms with Crippen LogP contribution in [0.5, 0.6) is 0 Å². The van der Waals surface area contributed by atoms with Gasteiger partial charge in [0, 0.05) is 11.8 Å². The minimum Gasteiger partial charge on any atom is -0.393 e. The van der Waals surface area contributed by atoms with Gasteiger partial charge >= 0.3 is 0 Å². The second-order valence-electron chi connectivity index (χ2n) is 9.35. The van der Waals surface area contributed by atoms with Gasteiger partial charge in [0.05, 0.1) is 6.10 Å². The largest absolute Gasteiger partial charge is 0.393 e. The third-order valence-corrected chi connectivity index (χ3v) is 8.60. The van der Waals surface area contributed by atoms with Crippen molar-refractivity contribution in [2.75, 3.05) is 0 Å². The van der Waals surface area contributed by atoms with Gasteiger partial charge in [-0.05, 0) is 87.0 Å². The van der Waals surface area contributed by atoms with E-state index in [0.29, 0.717) is 24.7 Å². The SMILES string of the molecule is C[C@H](O)[C@H]1CC[C@H]2[C@@H]3CCC4=CC(=O)CC[C@]4(C)[C@H]3CC[C@]12C(F)F. The Kier molecular flexibility index (Phi) is 4.14. The van der Waals surface area contributed by atoms with Crippen LogP contribution in [0.2, 0.25) is 0 Å². The van der Waals surface area contributed by atoms with Gasteiger partial charge in [0.1, 0.15) is 0 Å². The summed E-state index contributed by atoms with van der Waals surface area (Å²) in [5.74, 6) is 0.740. The highest BCUT2D eigenvalue weighted by atomic mass is 19.3. The Morgan fingerprint density at radius 3 is 2.56 bits per heavy atom. The molecule has 0 spiro atoms. The number of carbonyl (C=O) groups excluding carboxylic acids is 1. The molecule has 2 nitrogen and oxygen atoms in total. The summed E-state index contributed by atoms with van der Waals surface area (Å²) in [7, 11) is 0. The van der Waals surface area contributed by atoms with E-state index in [1.807, 2.05) is 6.08 Å². The first-order valence-electron chi connectivity index (χ1n) is 10.0. The summed E-state index contributed by atoms with van der Waals surface area (Å²) in [4.78, 5) is 11.9. The molecule has 0 aromatic heterocycles. The van der Waals surface area contributed by atoms with Crippen molar-refractivity contribution >= 4 is 5.78 Å². The molecule has 0 heterocycles. The van der Waals surface area contributed by atoms with E-state index in [0.717, 1.165) is 38.5 Å². The monoisotopic (exact) mass is 352 g/mol. The number of hydrogen-bond donors (Lipinski definition) is 1. The van der Waals surface area contributed by atoms with Gasteiger partial charge in [-0.1, -0.05) is 12.5 Å². The Balaban J connectivity index is 1.70. The highest BCUT2D eigenvalue weighted by Crippen LogP contribution is 2.68. The van der Waals surface area contributed by atoms with E-state index in [1.54, 1.807) is 6.92 Å². The van der Waals surface area contributed by atoms with Crippen molar-refractivity contribution in [1.29, 1.82) is 0 Å². The van der Waals surface area contributed by atoms with E-state index in [4.69, 9.17) is 0 Å². The van der Waals surface area contributed by atoms with E-state index in [-0.39, 0.29) is 23.0 Å². The fraction of sp³-hybridized carbons (Fsp3) is 0.857. The normalized spacial score (nSPS) is 47.8. The minimum absolute atomic E-state index is 0.0219. The van der Waals surface area contributed by atoms with Gasteiger partial charge in [0.15, 0.2) is 5.78 Å². The lowest BCUT2D eigenvalue weighted by molar-refractivity contribution is -0.153. The van der Waals surface area contributed by atoms with E-state index in [2.05, 4.69) is 6.92 Å². The number of carbonyl (C=O) groups is 1. The molecule has 0 aliphatic heterocycles. The Hall–Kier alpha value is -0.770. The second-order valence-corrected chi connectivity index (χ2v) is 9.35. The number of aliphatic hydroxyl groups excluding tert-OH is 1. The Morgan fingerprint density at radius 2 is 1.88 bits per heavy atom. The summed E-state index contributed by atoms with van der Waals surface area (Å²) >= 11 is 0. The van der Waals surface area contributed by atoms with Crippen LogP contribution in [0, 0.1) is 34.5 Å². The molecule has 4 aliphatic rings. The molecule has 4 aliphatic carbocycles. The maximum Gasteiger partial charge on any atom is 0.244 e. The Morgan fingerprint density at radius 1 is 1.12 bits per heavy atom. The minimum atomic E-state index is -2.35. The number of alkyl halides is 2. The number of hydrogen-bond acceptors (Lipinski definition) is 2. The van der Waals surface area contributed by atoms with Crippen molar-refractivity contribution in [3.63, 3.8) is 0 Å². The summed E-state index contributed by atoms with van der Waals surface area (Å²) in [5.41, 5.74) is 0.311. The molecule has 25 heavy (non-hydrogen) atoms. The van der Waals surface area contributed by atoms with Gasteiger partial charge in [-0.15, -0.1) is 0 Å². The molecular weight excluding hydrogens is 322 g/mol. The Bertz CT molecular complexity index is 599. The molecule has 4 rings (SSSR count). The molecule has 0 aromatic rings. The van der Waals surface area contributed by atoms with Crippen LogP contribution in [0.15, 0.2) is 11.6 Å². The van der Waals surface area contributed by atoms with Crippen LogP contribution in [-0.4, -0.2) is 23.4 Å². The number of halogens is 2. The average Bonchev–Trinajstić information content (AvgIpc) is 2.96. The molecule has 3 fully saturated rings. The topological polar surface area (TPSA) is 37.3 Å². The van der Waals surface area contributed by atoms with Gasteiger partial charge in [-0.25, -0.2) is 8.78 Å². The maximum atomic E-state index is 14.3. The van der Waals surface area contributed by atoms with Gasteiger partial charge in [-0.3, -0.25) is 4.79 Å². The van der Waals surface area contributed by atoms with Crippen LogP contribution < -0.4 is 0 Å². The van der Waals surface area contributed by atoms with Crippen molar-refractivity contribution in [3.05, 3.63) is 11.6 Å². The fourth-order valence-electron chi connectivity index (χ4n) is 7.45. The van der Waals surface area contributed by atoms with Crippen molar-refractivity contribution < 1.29 is 18.7 Å². The van der Waals surface area contributed by atoms with Crippen LogP contribution in [0.3, 0.4) is 0 Å². The molecule has 0 saturated heterocycles. The zero-order valence-electron chi connectivity index (χ0n) is 15.3. The van der Waals surface area contributed by atoms with Crippen molar-refractivity contribution in [1.82, 2.24) is 0 Å². The second kappa shape index (κ2) is 5.87. The first-order chi connectivity index (χ1) is 11.8. The number of fused-ring (bicyclic) bond motifs is 5. The lowest BCUT2D eigenvalue weighted by Crippen LogP contribution is -2.54. The lowest BCUT2D eigenvalue weighted by Gasteiger charge is -2.58. The average molecular weight is 352 g/mol. The van der Waals surface area contributed by atoms with Crippen LogP contribution in [0.1, 0.15) is 65.2 Å². The molecule has 0 bridgehead atoms. The number of ketones is 1. The zero-order valence-corrected chi connectivity index (χ0v) is 15.3. The van der Waals surface area contributed by atoms with E-state index in [9.17, 15) is 18.7 Å². The standard InChI is InChI=1S/C21H30F2O2/c1-12(24)16-5-6-18-15-4-3-13-11-14(25)7-9-20(13,2)17(15)8-10-21(16,18)19(22)23/h11-12,15-19,24H,3-10H2,1-2H3/t12-,15+,16+,17-,18-,20-,21-/m0/s1. The summed E-state index contributed by atoms with van der Waals surface area (Å²) < 4.78 is 28.7. The molecule has 1 N–H and O–H groups in total. The van der Waals surface area contributed by atoms with Gasteiger partial charge in [0.2, 0.25) is 6.43 Å². The molecule has 3 saturated carbocycles. The van der Waals surface area contributed by atoms with Crippen LogP contribution in [-0.2, 0) is 4.79 Å². The molecular formula is C21H30F2O2. The summed E-state index contributed by atoms with van der Waals surface area (Å²) in [6.45, 7) is 3.97. The third-order valence-electron chi connectivity index (χ3n) is 8.60.